The Labute approximate surface area is 185 Å². The maximum atomic E-state index is 13.3. The van der Waals surface area contributed by atoms with Gasteiger partial charge in [-0.05, 0) is 29.8 Å². The highest BCUT2D eigenvalue weighted by atomic mass is 79.9. The Morgan fingerprint density at radius 1 is 1.19 bits per heavy atom. The maximum absolute atomic E-state index is 13.3. The Bertz CT molecular complexity index is 1100. The number of rotatable bonds is 5. The molecule has 1 saturated heterocycles. The second-order valence-corrected chi connectivity index (χ2v) is 8.07. The van der Waals surface area contributed by atoms with Gasteiger partial charge in [-0.25, -0.2) is 0 Å². The van der Waals surface area contributed by atoms with Crippen molar-refractivity contribution in [2.45, 2.75) is 25.1 Å². The first-order valence-electron chi connectivity index (χ1n) is 9.47. The normalized spacial score (nSPS) is 18.1. The van der Waals surface area contributed by atoms with E-state index in [2.05, 4.69) is 26.2 Å². The fourth-order valence-corrected chi connectivity index (χ4v) is 4.09. The molecule has 0 aromatic heterocycles. The van der Waals surface area contributed by atoms with Crippen molar-refractivity contribution >= 4 is 27.7 Å². The molecule has 4 rings (SSSR count). The summed E-state index contributed by atoms with van der Waals surface area (Å²) in [6.07, 6.45) is -2.24. The number of alkyl halides is 3. The summed E-state index contributed by atoms with van der Waals surface area (Å²) < 4.78 is 51.5. The first-order chi connectivity index (χ1) is 14.8. The molecule has 31 heavy (non-hydrogen) atoms. The lowest BCUT2D eigenvalue weighted by atomic mass is 9.85. The second-order valence-electron chi connectivity index (χ2n) is 7.15. The molecule has 1 unspecified atom stereocenters. The number of amidine groups is 1. The molecule has 2 heterocycles. The number of hydrogen-bond donors (Lipinski definition) is 1. The molecule has 1 fully saturated rings. The molecule has 0 bridgehead atoms. The third-order valence-corrected chi connectivity index (χ3v) is 5.70. The lowest BCUT2D eigenvalue weighted by Crippen LogP contribution is -2.38. The van der Waals surface area contributed by atoms with E-state index >= 15 is 0 Å². The quantitative estimate of drug-likeness (QED) is 0.636. The van der Waals surface area contributed by atoms with Crippen LogP contribution >= 0.6 is 15.9 Å². The van der Waals surface area contributed by atoms with Crippen molar-refractivity contribution in [1.29, 1.82) is 0 Å². The molecule has 2 aliphatic rings. The van der Waals surface area contributed by atoms with Gasteiger partial charge < -0.3 is 14.8 Å². The predicted molar refractivity (Wildman–Crippen MR) is 112 cm³/mol. The van der Waals surface area contributed by atoms with E-state index in [1.54, 1.807) is 18.2 Å². The standard InChI is InChI=1S/C22H18BrF3N2O3/c1-30-19-8-12(16-10-20(29)28-21-15(16)6-7-27-21)3-5-18(19)31-11-13-2-4-14(23)9-17(13)22(24,25)26/h2-6,8-9,16H,7,10-11H2,1H3,(H,27,28,29). The van der Waals surface area contributed by atoms with Crippen LogP contribution in [0.4, 0.5) is 13.2 Å². The molecule has 1 amide bonds. The van der Waals surface area contributed by atoms with Crippen molar-refractivity contribution < 1.29 is 27.4 Å². The van der Waals surface area contributed by atoms with Crippen molar-refractivity contribution in [3.63, 3.8) is 0 Å². The minimum Gasteiger partial charge on any atom is -0.493 e. The predicted octanol–water partition coefficient (Wildman–Crippen LogP) is 5.00. The SMILES string of the molecule is COc1cc(C2CC(=O)NC3=NCC=C32)ccc1OCc1ccc(Br)cc1C(F)(F)F. The van der Waals surface area contributed by atoms with Gasteiger partial charge in [-0.1, -0.05) is 34.1 Å². The number of piperidine rings is 1. The zero-order valence-electron chi connectivity index (χ0n) is 16.4. The average molecular weight is 495 g/mol. The van der Waals surface area contributed by atoms with Crippen LogP contribution < -0.4 is 14.8 Å². The summed E-state index contributed by atoms with van der Waals surface area (Å²) in [5, 5.41) is 2.77. The van der Waals surface area contributed by atoms with Crippen molar-refractivity contribution in [1.82, 2.24) is 5.32 Å². The zero-order valence-corrected chi connectivity index (χ0v) is 18.0. The molecule has 1 atom stereocenters. The summed E-state index contributed by atoms with van der Waals surface area (Å²) in [4.78, 5) is 16.3. The smallest absolute Gasteiger partial charge is 0.416 e. The number of ether oxygens (including phenoxy) is 2. The van der Waals surface area contributed by atoms with E-state index in [9.17, 15) is 18.0 Å². The molecule has 1 N–H and O–H groups in total. The van der Waals surface area contributed by atoms with Gasteiger partial charge in [0.05, 0.1) is 19.2 Å². The van der Waals surface area contributed by atoms with E-state index in [1.165, 1.54) is 19.2 Å². The van der Waals surface area contributed by atoms with Gasteiger partial charge in [0.1, 0.15) is 12.4 Å². The summed E-state index contributed by atoms with van der Waals surface area (Å²) in [6.45, 7) is 0.250. The molecule has 0 spiro atoms. The lowest BCUT2D eigenvalue weighted by Gasteiger charge is -2.26. The Hall–Kier alpha value is -2.81. The first-order valence-corrected chi connectivity index (χ1v) is 10.3. The van der Waals surface area contributed by atoms with Crippen molar-refractivity contribution in [2.75, 3.05) is 13.7 Å². The maximum Gasteiger partial charge on any atom is 0.416 e. The molecule has 2 aromatic rings. The van der Waals surface area contributed by atoms with E-state index < -0.39 is 11.7 Å². The number of nitrogens with one attached hydrogen (secondary N) is 1. The van der Waals surface area contributed by atoms with Gasteiger partial charge in [0, 0.05) is 27.9 Å². The van der Waals surface area contributed by atoms with Crippen LogP contribution in [0.15, 0.2) is 57.5 Å². The van der Waals surface area contributed by atoms with E-state index in [-0.39, 0.29) is 30.4 Å². The zero-order chi connectivity index (χ0) is 22.2. The van der Waals surface area contributed by atoms with E-state index in [4.69, 9.17) is 9.47 Å². The van der Waals surface area contributed by atoms with Crippen LogP contribution in [0.25, 0.3) is 0 Å². The minimum atomic E-state index is -4.49. The van der Waals surface area contributed by atoms with Crippen LogP contribution in [0.2, 0.25) is 0 Å². The van der Waals surface area contributed by atoms with Gasteiger partial charge in [0.15, 0.2) is 11.5 Å². The van der Waals surface area contributed by atoms with Crippen molar-refractivity contribution in [3.8, 4) is 11.5 Å². The molecule has 162 valence electrons. The summed E-state index contributed by atoms with van der Waals surface area (Å²) in [5.74, 6) is 1.01. The van der Waals surface area contributed by atoms with Gasteiger partial charge in [-0.3, -0.25) is 9.79 Å². The number of carbonyl (C=O) groups excluding carboxylic acids is 1. The number of nitrogens with zero attached hydrogens (tertiary/aromatic N) is 1. The van der Waals surface area contributed by atoms with Crippen LogP contribution in [0.1, 0.15) is 29.0 Å². The number of fused-ring (bicyclic) bond motifs is 1. The summed E-state index contributed by atoms with van der Waals surface area (Å²) >= 11 is 3.07. The van der Waals surface area contributed by atoms with Gasteiger partial charge in [0.2, 0.25) is 5.91 Å². The highest BCUT2D eigenvalue weighted by molar-refractivity contribution is 9.10. The monoisotopic (exact) mass is 494 g/mol. The fourth-order valence-electron chi connectivity index (χ4n) is 3.73. The largest absolute Gasteiger partial charge is 0.493 e. The highest BCUT2D eigenvalue weighted by Gasteiger charge is 2.34. The van der Waals surface area contributed by atoms with Crippen LogP contribution in [0.3, 0.4) is 0 Å². The Morgan fingerprint density at radius 3 is 2.74 bits per heavy atom. The average Bonchev–Trinajstić information content (AvgIpc) is 3.19. The molecular weight excluding hydrogens is 477 g/mol. The number of hydrogen-bond acceptors (Lipinski definition) is 4. The molecule has 2 aliphatic heterocycles. The van der Waals surface area contributed by atoms with Gasteiger partial charge in [-0.15, -0.1) is 0 Å². The number of halogens is 4. The Balaban J connectivity index is 1.58. The fraction of sp³-hybridized carbons (Fsp3) is 0.273. The number of benzene rings is 2. The van der Waals surface area contributed by atoms with Crippen LogP contribution in [0.5, 0.6) is 11.5 Å². The molecule has 2 aromatic carbocycles. The van der Waals surface area contributed by atoms with Gasteiger partial charge in [0.25, 0.3) is 0 Å². The molecule has 5 nitrogen and oxygen atoms in total. The number of methoxy groups -OCH3 is 1. The Morgan fingerprint density at radius 2 is 2.00 bits per heavy atom. The number of amides is 1. The molecule has 9 heteroatoms. The molecule has 0 saturated carbocycles. The molecular formula is C22H18BrF3N2O3. The minimum absolute atomic E-state index is 0.0164. The number of carbonyl (C=O) groups is 1. The third-order valence-electron chi connectivity index (χ3n) is 5.21. The topological polar surface area (TPSA) is 59.9 Å². The van der Waals surface area contributed by atoms with Crippen molar-refractivity contribution in [2.24, 2.45) is 4.99 Å². The highest BCUT2D eigenvalue weighted by Crippen LogP contribution is 2.39. The van der Waals surface area contributed by atoms with Gasteiger partial charge in [-0.2, -0.15) is 13.2 Å². The van der Waals surface area contributed by atoms with E-state index in [0.29, 0.717) is 28.4 Å². The van der Waals surface area contributed by atoms with Crippen LogP contribution in [-0.2, 0) is 17.6 Å². The van der Waals surface area contributed by atoms with E-state index in [0.717, 1.165) is 17.2 Å². The summed E-state index contributed by atoms with van der Waals surface area (Å²) in [7, 11) is 1.46. The number of aliphatic imine (C=N–C) groups is 1. The third kappa shape index (κ3) is 4.46. The van der Waals surface area contributed by atoms with Crippen LogP contribution in [0, 0.1) is 0 Å². The second kappa shape index (κ2) is 8.37. The van der Waals surface area contributed by atoms with Crippen LogP contribution in [-0.4, -0.2) is 25.4 Å². The van der Waals surface area contributed by atoms with Gasteiger partial charge >= 0.3 is 6.18 Å². The molecule has 0 radical (unpaired) electrons. The summed E-state index contributed by atoms with van der Waals surface area (Å²) in [6, 6.07) is 9.14. The van der Waals surface area contributed by atoms with E-state index in [1.807, 2.05) is 6.08 Å². The molecule has 0 aliphatic carbocycles. The Kier molecular flexibility index (Phi) is 5.79. The first kappa shape index (κ1) is 21.4. The van der Waals surface area contributed by atoms with Crippen molar-refractivity contribution in [3.05, 3.63) is 69.2 Å². The lowest BCUT2D eigenvalue weighted by molar-refractivity contribution is -0.138. The summed E-state index contributed by atoms with van der Waals surface area (Å²) in [5.41, 5.74) is 1.06.